The first kappa shape index (κ1) is 12.2. The quantitative estimate of drug-likeness (QED) is 0.803. The third-order valence-electron chi connectivity index (χ3n) is 1.75. The second-order valence-electron chi connectivity index (χ2n) is 2.92. The normalized spacial score (nSPS) is 9.25. The Morgan fingerprint density at radius 3 is 2.81 bits per heavy atom. The van der Waals surface area contributed by atoms with Crippen molar-refractivity contribution >= 4 is 16.2 Å². The van der Waals surface area contributed by atoms with Crippen LogP contribution in [0.3, 0.4) is 0 Å². The molecule has 0 aliphatic rings. The molecule has 0 aliphatic heterocycles. The van der Waals surface area contributed by atoms with E-state index in [2.05, 4.69) is 4.36 Å². The Balaban J connectivity index is 3.22. The summed E-state index contributed by atoms with van der Waals surface area (Å²) in [7, 11) is -2.57. The van der Waals surface area contributed by atoms with Crippen molar-refractivity contribution in [2.45, 2.75) is 13.3 Å². The lowest BCUT2D eigenvalue weighted by Crippen LogP contribution is -1.97. The maximum atomic E-state index is 10.4. The topological polar surface area (TPSA) is 79.5 Å². The highest BCUT2D eigenvalue weighted by atomic mass is 32.2. The molecule has 0 radical (unpaired) electrons. The summed E-state index contributed by atoms with van der Waals surface area (Å²) in [5.74, 6) is 0.357. The molecule has 0 fully saturated rings. The molecular weight excluding hydrogens is 228 g/mol. The summed E-state index contributed by atoms with van der Waals surface area (Å²) >= 11 is 0. The monoisotopic (exact) mass is 238 g/mol. The van der Waals surface area contributed by atoms with E-state index in [1.54, 1.807) is 12.1 Å². The van der Waals surface area contributed by atoms with Gasteiger partial charge < -0.3 is 4.74 Å². The first-order valence-electron chi connectivity index (χ1n) is 4.66. The van der Waals surface area contributed by atoms with Crippen LogP contribution in [0.15, 0.2) is 22.6 Å². The van der Waals surface area contributed by atoms with E-state index in [0.29, 0.717) is 12.4 Å². The largest absolute Gasteiger partial charge is 0.492 e. The molecule has 1 aromatic rings. The summed E-state index contributed by atoms with van der Waals surface area (Å²) in [5, 5.41) is 8.92. The fraction of sp³-hybridized carbons (Fsp3) is 0.300. The minimum Gasteiger partial charge on any atom is -0.492 e. The van der Waals surface area contributed by atoms with E-state index in [9.17, 15) is 8.42 Å². The van der Waals surface area contributed by atoms with E-state index in [0.717, 1.165) is 6.42 Å². The van der Waals surface area contributed by atoms with Crippen molar-refractivity contribution in [3.05, 3.63) is 23.8 Å². The molecule has 6 heteroatoms. The molecule has 0 aliphatic carbocycles. The van der Waals surface area contributed by atoms with Gasteiger partial charge in [0.1, 0.15) is 23.1 Å². The van der Waals surface area contributed by atoms with E-state index in [1.807, 2.05) is 13.0 Å². The van der Waals surface area contributed by atoms with Crippen LogP contribution in [0, 0.1) is 11.3 Å². The first-order chi connectivity index (χ1) is 7.69. The molecule has 1 rings (SSSR count). The fourth-order valence-electron chi connectivity index (χ4n) is 1.12. The molecule has 0 heterocycles. The lowest BCUT2D eigenvalue weighted by atomic mass is 10.2. The highest BCUT2D eigenvalue weighted by Crippen LogP contribution is 2.27. The summed E-state index contributed by atoms with van der Waals surface area (Å²) in [6.45, 7) is 2.41. The van der Waals surface area contributed by atoms with Gasteiger partial charge in [-0.05, 0) is 18.6 Å². The first-order valence-corrected chi connectivity index (χ1v) is 5.69. The molecule has 0 atom stereocenters. The van der Waals surface area contributed by atoms with Crippen molar-refractivity contribution in [1.82, 2.24) is 0 Å². The predicted molar refractivity (Wildman–Crippen MR) is 58.0 cm³/mol. The Bertz CT molecular complexity index is 536. The van der Waals surface area contributed by atoms with Crippen LogP contribution in [0.4, 0.5) is 5.69 Å². The number of ether oxygens (including phenoxy) is 1. The Kier molecular flexibility index (Phi) is 4.48. The number of hydrogen-bond acceptors (Lipinski definition) is 5. The van der Waals surface area contributed by atoms with Crippen molar-refractivity contribution in [3.8, 4) is 11.8 Å². The zero-order chi connectivity index (χ0) is 12.0. The van der Waals surface area contributed by atoms with Gasteiger partial charge in [-0.15, -0.1) is 4.36 Å². The Morgan fingerprint density at radius 1 is 1.50 bits per heavy atom. The number of benzene rings is 1. The molecule has 0 aromatic heterocycles. The second kappa shape index (κ2) is 5.88. The van der Waals surface area contributed by atoms with E-state index >= 15 is 0 Å². The average Bonchev–Trinajstić information content (AvgIpc) is 2.25. The van der Waals surface area contributed by atoms with E-state index in [-0.39, 0.29) is 11.3 Å². The maximum Gasteiger partial charge on any atom is 0.316 e. The van der Waals surface area contributed by atoms with Crippen molar-refractivity contribution in [2.75, 3.05) is 6.61 Å². The SMILES string of the molecule is CCCOc1cccc(N=S(=O)=O)c1C#N. The van der Waals surface area contributed by atoms with Crippen molar-refractivity contribution < 1.29 is 13.2 Å². The smallest absolute Gasteiger partial charge is 0.316 e. The van der Waals surface area contributed by atoms with Crippen molar-refractivity contribution in [3.63, 3.8) is 0 Å². The Labute approximate surface area is 95.0 Å². The maximum absolute atomic E-state index is 10.4. The third kappa shape index (κ3) is 3.07. The Morgan fingerprint density at radius 2 is 2.25 bits per heavy atom. The third-order valence-corrected chi connectivity index (χ3v) is 2.10. The van der Waals surface area contributed by atoms with Gasteiger partial charge in [-0.25, -0.2) is 0 Å². The number of hydrogen-bond donors (Lipinski definition) is 0. The van der Waals surface area contributed by atoms with E-state index in [4.69, 9.17) is 10.00 Å². The van der Waals surface area contributed by atoms with Gasteiger partial charge in [0.25, 0.3) is 0 Å². The van der Waals surface area contributed by atoms with Gasteiger partial charge in [0, 0.05) is 0 Å². The summed E-state index contributed by atoms with van der Waals surface area (Å²) in [5.41, 5.74) is 0.240. The van der Waals surface area contributed by atoms with Crippen LogP contribution in [0.1, 0.15) is 18.9 Å². The van der Waals surface area contributed by atoms with Gasteiger partial charge in [0.15, 0.2) is 0 Å². The Hall–Kier alpha value is -1.87. The van der Waals surface area contributed by atoms with Crippen molar-refractivity contribution in [2.24, 2.45) is 4.36 Å². The fourth-order valence-corrected chi connectivity index (χ4v) is 1.43. The molecular formula is C10H10N2O3S. The van der Waals surface area contributed by atoms with Crippen molar-refractivity contribution in [1.29, 1.82) is 5.26 Å². The molecule has 0 saturated heterocycles. The molecule has 16 heavy (non-hydrogen) atoms. The summed E-state index contributed by atoms with van der Waals surface area (Å²) in [6, 6.07) is 6.54. The molecule has 0 N–H and O–H groups in total. The van der Waals surface area contributed by atoms with E-state index < -0.39 is 10.5 Å². The van der Waals surface area contributed by atoms with Crippen LogP contribution in [-0.4, -0.2) is 15.0 Å². The van der Waals surface area contributed by atoms with Gasteiger partial charge >= 0.3 is 10.5 Å². The molecule has 5 nitrogen and oxygen atoms in total. The molecule has 0 saturated carbocycles. The van der Waals surface area contributed by atoms with Gasteiger partial charge in [0.05, 0.1) is 6.61 Å². The molecule has 0 bridgehead atoms. The van der Waals surface area contributed by atoms with Gasteiger partial charge in [-0.2, -0.15) is 13.7 Å². The standard InChI is InChI=1S/C10H10N2O3S/c1-2-6-15-10-5-3-4-9(8(10)7-11)12-16(13)14/h3-5H,2,6H2,1H3. The summed E-state index contributed by atoms with van der Waals surface area (Å²) < 4.78 is 29.5. The van der Waals surface area contributed by atoms with Crippen LogP contribution in [0.25, 0.3) is 0 Å². The average molecular weight is 238 g/mol. The van der Waals surface area contributed by atoms with Crippen LogP contribution >= 0.6 is 0 Å². The van der Waals surface area contributed by atoms with Crippen LogP contribution < -0.4 is 4.74 Å². The van der Waals surface area contributed by atoms with Gasteiger partial charge in [-0.1, -0.05) is 13.0 Å². The highest BCUT2D eigenvalue weighted by molar-refractivity contribution is 7.61. The summed E-state index contributed by atoms with van der Waals surface area (Å²) in [4.78, 5) is 0. The second-order valence-corrected chi connectivity index (χ2v) is 3.54. The lowest BCUT2D eigenvalue weighted by Gasteiger charge is -2.06. The van der Waals surface area contributed by atoms with Crippen LogP contribution in [-0.2, 0) is 10.5 Å². The molecule has 84 valence electrons. The van der Waals surface area contributed by atoms with Gasteiger partial charge in [0.2, 0.25) is 0 Å². The van der Waals surface area contributed by atoms with Gasteiger partial charge in [-0.3, -0.25) is 0 Å². The molecule has 0 spiro atoms. The zero-order valence-electron chi connectivity index (χ0n) is 8.67. The zero-order valence-corrected chi connectivity index (χ0v) is 9.49. The molecule has 1 aromatic carbocycles. The lowest BCUT2D eigenvalue weighted by molar-refractivity contribution is 0.316. The van der Waals surface area contributed by atoms with Crippen LogP contribution in [0.2, 0.25) is 0 Å². The number of rotatable bonds is 4. The molecule has 0 amide bonds. The highest BCUT2D eigenvalue weighted by Gasteiger charge is 2.08. The number of nitrogens with zero attached hydrogens (tertiary/aromatic N) is 2. The van der Waals surface area contributed by atoms with E-state index in [1.165, 1.54) is 6.07 Å². The molecule has 0 unspecified atom stereocenters. The number of nitriles is 1. The predicted octanol–water partition coefficient (Wildman–Crippen LogP) is 2.04. The summed E-state index contributed by atoms with van der Waals surface area (Å²) in [6.07, 6.45) is 0.805. The minimum atomic E-state index is -2.57. The minimum absolute atomic E-state index is 0.101. The van der Waals surface area contributed by atoms with Crippen LogP contribution in [0.5, 0.6) is 5.75 Å².